The van der Waals surface area contributed by atoms with Crippen LogP contribution < -0.4 is 11.5 Å². The Kier molecular flexibility index (Phi) is 3.28. The van der Waals surface area contributed by atoms with E-state index in [9.17, 15) is 0 Å². The Morgan fingerprint density at radius 3 is 2.35 bits per heavy atom. The third-order valence-corrected chi connectivity index (χ3v) is 3.40. The molecule has 0 atom stereocenters. The van der Waals surface area contributed by atoms with Crippen molar-refractivity contribution in [1.29, 1.82) is 0 Å². The fourth-order valence-corrected chi connectivity index (χ4v) is 1.96. The second-order valence-corrected chi connectivity index (χ2v) is 4.41. The van der Waals surface area contributed by atoms with Crippen LogP contribution in [0.1, 0.15) is 0 Å². The third kappa shape index (κ3) is 2.24. The normalized spacial score (nSPS) is 10.5. The highest BCUT2D eigenvalue weighted by molar-refractivity contribution is 6.49. The van der Waals surface area contributed by atoms with Crippen LogP contribution in [-0.2, 0) is 0 Å². The highest BCUT2D eigenvalue weighted by Gasteiger charge is 2.14. The number of hydrogen-bond acceptors (Lipinski definition) is 4. The minimum absolute atomic E-state index is 0.185. The molecular weight excluding hydrogens is 282 g/mol. The van der Waals surface area contributed by atoms with Crippen LogP contribution in [0.15, 0.2) is 18.3 Å². The van der Waals surface area contributed by atoms with Gasteiger partial charge in [0.15, 0.2) is 5.82 Å². The summed E-state index contributed by atoms with van der Waals surface area (Å²) in [7, 11) is 0. The Bertz CT molecular complexity index is 586. The first-order valence-corrected chi connectivity index (χ1v) is 5.66. The van der Waals surface area contributed by atoms with Gasteiger partial charge in [-0.1, -0.05) is 34.8 Å². The van der Waals surface area contributed by atoms with E-state index in [1.54, 1.807) is 12.1 Å². The average molecular weight is 290 g/mol. The van der Waals surface area contributed by atoms with Crippen molar-refractivity contribution in [2.45, 2.75) is 0 Å². The van der Waals surface area contributed by atoms with Crippen LogP contribution in [0.25, 0.3) is 11.3 Å². The molecule has 4 nitrogen and oxygen atoms in total. The van der Waals surface area contributed by atoms with Crippen LogP contribution in [-0.4, -0.2) is 9.97 Å². The second-order valence-electron chi connectivity index (χ2n) is 3.25. The van der Waals surface area contributed by atoms with Gasteiger partial charge in [0.25, 0.3) is 0 Å². The van der Waals surface area contributed by atoms with Crippen LogP contribution in [0.3, 0.4) is 0 Å². The Labute approximate surface area is 113 Å². The minimum atomic E-state index is 0.185. The standard InChI is InChI=1S/C10H7Cl3N4/c11-5-2-1-4(7(12)8(5)13)9-10(15)17-6(14)3-16-9/h1-3H,(H4,14,15,17). The van der Waals surface area contributed by atoms with Crippen LogP contribution in [0.2, 0.25) is 15.1 Å². The van der Waals surface area contributed by atoms with Crippen molar-refractivity contribution in [3.8, 4) is 11.3 Å². The molecule has 0 spiro atoms. The predicted molar refractivity (Wildman–Crippen MR) is 71.3 cm³/mol. The maximum absolute atomic E-state index is 6.07. The molecule has 1 aromatic carbocycles. The van der Waals surface area contributed by atoms with Gasteiger partial charge >= 0.3 is 0 Å². The lowest BCUT2D eigenvalue weighted by molar-refractivity contribution is 1.22. The van der Waals surface area contributed by atoms with Crippen molar-refractivity contribution in [3.05, 3.63) is 33.4 Å². The van der Waals surface area contributed by atoms with Gasteiger partial charge in [-0.15, -0.1) is 0 Å². The number of nitrogens with two attached hydrogens (primary N) is 2. The lowest BCUT2D eigenvalue weighted by atomic mass is 10.1. The number of benzene rings is 1. The van der Waals surface area contributed by atoms with Crippen LogP contribution in [0, 0.1) is 0 Å². The molecule has 0 aliphatic heterocycles. The summed E-state index contributed by atoms with van der Waals surface area (Å²) in [6.07, 6.45) is 1.39. The Morgan fingerprint density at radius 1 is 1.00 bits per heavy atom. The summed E-state index contributed by atoms with van der Waals surface area (Å²) in [5.74, 6) is 0.424. The first kappa shape index (κ1) is 12.2. The van der Waals surface area contributed by atoms with Crippen molar-refractivity contribution in [3.63, 3.8) is 0 Å². The number of halogens is 3. The number of rotatable bonds is 1. The van der Waals surface area contributed by atoms with Crippen LogP contribution >= 0.6 is 34.8 Å². The number of aromatic nitrogens is 2. The molecule has 2 rings (SSSR count). The van der Waals surface area contributed by atoms with Gasteiger partial charge in [-0.2, -0.15) is 0 Å². The molecule has 1 heterocycles. The van der Waals surface area contributed by atoms with Gasteiger partial charge in [0.05, 0.1) is 21.3 Å². The molecule has 0 radical (unpaired) electrons. The van der Waals surface area contributed by atoms with Gasteiger partial charge in [-0.3, -0.25) is 0 Å². The summed E-state index contributed by atoms with van der Waals surface area (Å²) >= 11 is 17.8. The van der Waals surface area contributed by atoms with E-state index in [0.29, 0.717) is 16.3 Å². The smallest absolute Gasteiger partial charge is 0.152 e. The van der Waals surface area contributed by atoms with Crippen LogP contribution in [0.5, 0.6) is 0 Å². The molecule has 0 amide bonds. The van der Waals surface area contributed by atoms with Crippen molar-refractivity contribution < 1.29 is 0 Å². The van der Waals surface area contributed by atoms with E-state index in [1.165, 1.54) is 6.20 Å². The molecule has 88 valence electrons. The van der Waals surface area contributed by atoms with Crippen LogP contribution in [0.4, 0.5) is 11.6 Å². The quantitative estimate of drug-likeness (QED) is 0.790. The first-order chi connectivity index (χ1) is 8.00. The van der Waals surface area contributed by atoms with Crippen molar-refractivity contribution in [1.82, 2.24) is 9.97 Å². The molecule has 0 saturated heterocycles. The molecule has 0 saturated carbocycles. The molecule has 4 N–H and O–H groups in total. The van der Waals surface area contributed by atoms with Gasteiger partial charge in [-0.05, 0) is 12.1 Å². The van der Waals surface area contributed by atoms with E-state index in [-0.39, 0.29) is 21.7 Å². The number of anilines is 2. The SMILES string of the molecule is Nc1cnc(-c2ccc(Cl)c(Cl)c2Cl)c(N)n1. The summed E-state index contributed by atoms with van der Waals surface area (Å²) < 4.78 is 0. The fourth-order valence-electron chi connectivity index (χ4n) is 1.33. The maximum atomic E-state index is 6.07. The van der Waals surface area contributed by atoms with Crippen molar-refractivity contribution in [2.24, 2.45) is 0 Å². The largest absolute Gasteiger partial charge is 0.382 e. The van der Waals surface area contributed by atoms with Crippen molar-refractivity contribution >= 4 is 46.4 Å². The van der Waals surface area contributed by atoms with Gasteiger partial charge in [-0.25, -0.2) is 9.97 Å². The molecule has 0 bridgehead atoms. The summed E-state index contributed by atoms with van der Waals surface area (Å²) in [5, 5.41) is 0.899. The van der Waals surface area contributed by atoms with Gasteiger partial charge < -0.3 is 11.5 Å². The summed E-state index contributed by atoms with van der Waals surface area (Å²) in [4.78, 5) is 7.98. The first-order valence-electron chi connectivity index (χ1n) is 4.52. The highest BCUT2D eigenvalue weighted by Crippen LogP contribution is 2.38. The molecule has 17 heavy (non-hydrogen) atoms. The van der Waals surface area contributed by atoms with Gasteiger partial charge in [0.1, 0.15) is 11.5 Å². The Hall–Kier alpha value is -1.23. The third-order valence-electron chi connectivity index (χ3n) is 2.11. The Balaban J connectivity index is 2.65. The molecule has 2 aromatic rings. The molecule has 0 aliphatic carbocycles. The van der Waals surface area contributed by atoms with Gasteiger partial charge in [0, 0.05) is 5.56 Å². The maximum Gasteiger partial charge on any atom is 0.152 e. The van der Waals surface area contributed by atoms with Crippen molar-refractivity contribution in [2.75, 3.05) is 11.5 Å². The van der Waals surface area contributed by atoms with E-state index < -0.39 is 0 Å². The number of nitrogens with zero attached hydrogens (tertiary/aromatic N) is 2. The molecule has 0 unspecified atom stereocenters. The second kappa shape index (κ2) is 4.56. The zero-order valence-corrected chi connectivity index (χ0v) is 10.7. The number of hydrogen-bond donors (Lipinski definition) is 2. The molecule has 1 aromatic heterocycles. The van der Waals surface area contributed by atoms with E-state index >= 15 is 0 Å². The highest BCUT2D eigenvalue weighted by atomic mass is 35.5. The lowest BCUT2D eigenvalue weighted by Crippen LogP contribution is -2.01. The lowest BCUT2D eigenvalue weighted by Gasteiger charge is -2.08. The van der Waals surface area contributed by atoms with E-state index in [0.717, 1.165) is 0 Å². The summed E-state index contributed by atoms with van der Waals surface area (Å²) in [6.45, 7) is 0. The Morgan fingerprint density at radius 2 is 1.71 bits per heavy atom. The van der Waals surface area contributed by atoms with E-state index in [4.69, 9.17) is 46.3 Å². The topological polar surface area (TPSA) is 77.8 Å². The summed E-state index contributed by atoms with van der Waals surface area (Å²) in [6, 6.07) is 3.29. The minimum Gasteiger partial charge on any atom is -0.382 e. The number of nitrogen functional groups attached to an aromatic ring is 2. The average Bonchev–Trinajstić information content (AvgIpc) is 2.28. The molecule has 0 fully saturated rings. The van der Waals surface area contributed by atoms with E-state index in [1.807, 2.05) is 0 Å². The molecular formula is C10H7Cl3N4. The van der Waals surface area contributed by atoms with E-state index in [2.05, 4.69) is 9.97 Å². The summed E-state index contributed by atoms with van der Waals surface area (Å²) in [5.41, 5.74) is 12.2. The zero-order chi connectivity index (χ0) is 12.6. The van der Waals surface area contributed by atoms with Gasteiger partial charge in [0.2, 0.25) is 0 Å². The molecule has 0 aliphatic rings. The molecule has 7 heteroatoms. The fraction of sp³-hybridized carbons (Fsp3) is 0. The predicted octanol–water partition coefficient (Wildman–Crippen LogP) is 3.27. The zero-order valence-electron chi connectivity index (χ0n) is 8.42. The monoisotopic (exact) mass is 288 g/mol.